The van der Waals surface area contributed by atoms with Crippen molar-refractivity contribution in [2.24, 2.45) is 17.8 Å². The van der Waals surface area contributed by atoms with Crippen molar-refractivity contribution in [3.05, 3.63) is 0 Å². The van der Waals surface area contributed by atoms with Crippen LogP contribution in [0.1, 0.15) is 53.4 Å². The van der Waals surface area contributed by atoms with Crippen molar-refractivity contribution in [2.45, 2.75) is 71.5 Å². The Hall–Kier alpha value is -0.0800. The molecule has 1 aliphatic carbocycles. The molecular formula is C16H32N2. The van der Waals surface area contributed by atoms with E-state index < -0.39 is 0 Å². The lowest BCUT2D eigenvalue weighted by atomic mass is 9.74. The molecular weight excluding hydrogens is 220 g/mol. The maximum atomic E-state index is 3.61. The minimum atomic E-state index is 0.691. The highest BCUT2D eigenvalue weighted by atomic mass is 15.2. The number of nitrogens with one attached hydrogen (secondary N) is 1. The van der Waals surface area contributed by atoms with Crippen LogP contribution in [0.3, 0.4) is 0 Å². The van der Waals surface area contributed by atoms with Crippen molar-refractivity contribution in [1.29, 1.82) is 0 Å². The second kappa shape index (κ2) is 5.92. The maximum absolute atomic E-state index is 3.61. The number of piperidine rings is 1. The molecule has 0 aromatic rings. The predicted octanol–water partition coefficient (Wildman–Crippen LogP) is 3.13. The first kappa shape index (κ1) is 14.3. The molecule has 0 bridgehead atoms. The highest BCUT2D eigenvalue weighted by Gasteiger charge is 2.40. The largest absolute Gasteiger partial charge is 0.315 e. The summed E-state index contributed by atoms with van der Waals surface area (Å²) in [5.41, 5.74) is 0. The molecule has 0 aromatic heterocycles. The van der Waals surface area contributed by atoms with E-state index in [1.54, 1.807) is 0 Å². The molecule has 0 radical (unpaired) electrons. The van der Waals surface area contributed by atoms with E-state index in [1.807, 2.05) is 0 Å². The standard InChI is InChI=1S/C16H32N2/c1-11-9-13(3)16(15(10-11)17-5)18-8-6-7-12(2)14(18)4/h11-17H,6-10H2,1-5H3. The third-order valence-corrected chi connectivity index (χ3v) is 5.60. The number of likely N-dealkylation sites (tertiary alicyclic amines) is 1. The molecule has 2 fully saturated rings. The van der Waals surface area contributed by atoms with Gasteiger partial charge in [-0.3, -0.25) is 4.90 Å². The second-order valence-corrected chi connectivity index (χ2v) is 7.04. The van der Waals surface area contributed by atoms with E-state index in [0.717, 1.165) is 29.8 Å². The van der Waals surface area contributed by atoms with Crippen LogP contribution in [0.5, 0.6) is 0 Å². The Balaban J connectivity index is 2.13. The fourth-order valence-electron chi connectivity index (χ4n) is 4.47. The summed E-state index contributed by atoms with van der Waals surface area (Å²) in [5, 5.41) is 3.61. The van der Waals surface area contributed by atoms with Gasteiger partial charge in [0.25, 0.3) is 0 Å². The number of hydrogen-bond acceptors (Lipinski definition) is 2. The molecule has 2 rings (SSSR count). The van der Waals surface area contributed by atoms with Crippen molar-refractivity contribution >= 4 is 0 Å². The average molecular weight is 252 g/mol. The van der Waals surface area contributed by atoms with E-state index in [0.29, 0.717) is 6.04 Å². The van der Waals surface area contributed by atoms with Gasteiger partial charge in [-0.15, -0.1) is 0 Å². The molecule has 6 atom stereocenters. The third-order valence-electron chi connectivity index (χ3n) is 5.60. The van der Waals surface area contributed by atoms with Gasteiger partial charge in [-0.05, 0) is 64.0 Å². The smallest absolute Gasteiger partial charge is 0.0277 e. The van der Waals surface area contributed by atoms with Crippen molar-refractivity contribution in [3.8, 4) is 0 Å². The van der Waals surface area contributed by atoms with Gasteiger partial charge in [0.15, 0.2) is 0 Å². The predicted molar refractivity (Wildman–Crippen MR) is 78.8 cm³/mol. The van der Waals surface area contributed by atoms with Gasteiger partial charge in [-0.2, -0.15) is 0 Å². The Bertz CT molecular complexity index is 266. The topological polar surface area (TPSA) is 15.3 Å². The summed E-state index contributed by atoms with van der Waals surface area (Å²) in [4.78, 5) is 2.83. The van der Waals surface area contributed by atoms with Gasteiger partial charge in [-0.25, -0.2) is 0 Å². The molecule has 0 spiro atoms. The van der Waals surface area contributed by atoms with Crippen LogP contribution in [-0.4, -0.2) is 36.6 Å². The zero-order chi connectivity index (χ0) is 13.3. The fraction of sp³-hybridized carbons (Fsp3) is 1.00. The molecule has 1 saturated heterocycles. The monoisotopic (exact) mass is 252 g/mol. The number of likely N-dealkylation sites (N-methyl/N-ethyl adjacent to an activating group) is 1. The molecule has 2 heteroatoms. The SMILES string of the molecule is CNC1CC(C)CC(C)C1N1CCCC(C)C1C. The van der Waals surface area contributed by atoms with Crippen LogP contribution in [0, 0.1) is 17.8 Å². The van der Waals surface area contributed by atoms with Crippen LogP contribution in [0.25, 0.3) is 0 Å². The third kappa shape index (κ3) is 2.75. The van der Waals surface area contributed by atoms with Gasteiger partial charge in [0.2, 0.25) is 0 Å². The zero-order valence-electron chi connectivity index (χ0n) is 12.9. The molecule has 1 N–H and O–H groups in total. The molecule has 2 nitrogen and oxygen atoms in total. The van der Waals surface area contributed by atoms with Gasteiger partial charge in [0.1, 0.15) is 0 Å². The van der Waals surface area contributed by atoms with Gasteiger partial charge >= 0.3 is 0 Å². The molecule has 6 unspecified atom stereocenters. The first-order chi connectivity index (χ1) is 8.54. The highest BCUT2D eigenvalue weighted by molar-refractivity contribution is 4.96. The number of hydrogen-bond donors (Lipinski definition) is 1. The summed E-state index contributed by atoms with van der Waals surface area (Å²) in [5.74, 6) is 2.58. The molecule has 18 heavy (non-hydrogen) atoms. The molecule has 1 saturated carbocycles. The Morgan fingerprint density at radius 1 is 1.00 bits per heavy atom. The van der Waals surface area contributed by atoms with Crippen LogP contribution >= 0.6 is 0 Å². The zero-order valence-corrected chi connectivity index (χ0v) is 12.9. The first-order valence-corrected chi connectivity index (χ1v) is 7.97. The van der Waals surface area contributed by atoms with Crippen LogP contribution < -0.4 is 5.32 Å². The number of nitrogens with zero attached hydrogens (tertiary/aromatic N) is 1. The van der Waals surface area contributed by atoms with Crippen molar-refractivity contribution in [1.82, 2.24) is 10.2 Å². The Morgan fingerprint density at radius 3 is 2.39 bits per heavy atom. The lowest BCUT2D eigenvalue weighted by Gasteiger charge is -2.51. The summed E-state index contributed by atoms with van der Waals surface area (Å²) in [6.07, 6.45) is 5.56. The van der Waals surface area contributed by atoms with Gasteiger partial charge in [0.05, 0.1) is 0 Å². The molecule has 0 aromatic carbocycles. The summed E-state index contributed by atoms with van der Waals surface area (Å²) in [6, 6.07) is 2.20. The van der Waals surface area contributed by atoms with Gasteiger partial charge in [-0.1, -0.05) is 20.8 Å². The molecule has 106 valence electrons. The summed E-state index contributed by atoms with van der Waals surface area (Å²) < 4.78 is 0. The van der Waals surface area contributed by atoms with E-state index in [9.17, 15) is 0 Å². The van der Waals surface area contributed by atoms with E-state index in [-0.39, 0.29) is 0 Å². The van der Waals surface area contributed by atoms with Crippen molar-refractivity contribution in [2.75, 3.05) is 13.6 Å². The Morgan fingerprint density at radius 2 is 1.72 bits per heavy atom. The van der Waals surface area contributed by atoms with Crippen LogP contribution in [0.4, 0.5) is 0 Å². The van der Waals surface area contributed by atoms with Gasteiger partial charge in [0, 0.05) is 18.1 Å². The summed E-state index contributed by atoms with van der Waals surface area (Å²) in [7, 11) is 2.15. The minimum Gasteiger partial charge on any atom is -0.315 e. The number of rotatable bonds is 2. The van der Waals surface area contributed by atoms with Crippen molar-refractivity contribution < 1.29 is 0 Å². The van der Waals surface area contributed by atoms with E-state index in [2.05, 4.69) is 45.0 Å². The second-order valence-electron chi connectivity index (χ2n) is 7.04. The molecule has 2 aliphatic rings. The molecule has 1 aliphatic heterocycles. The summed E-state index contributed by atoms with van der Waals surface area (Å²) >= 11 is 0. The Labute approximate surface area is 114 Å². The Kier molecular flexibility index (Phi) is 4.71. The van der Waals surface area contributed by atoms with Crippen molar-refractivity contribution in [3.63, 3.8) is 0 Å². The minimum absolute atomic E-state index is 0.691. The first-order valence-electron chi connectivity index (χ1n) is 7.97. The normalized spacial score (nSPS) is 47.2. The van der Waals surface area contributed by atoms with Crippen LogP contribution in [0.2, 0.25) is 0 Å². The maximum Gasteiger partial charge on any atom is 0.0277 e. The van der Waals surface area contributed by atoms with E-state index >= 15 is 0 Å². The summed E-state index contributed by atoms with van der Waals surface area (Å²) in [6.45, 7) is 11.1. The quantitative estimate of drug-likeness (QED) is 0.812. The van der Waals surface area contributed by atoms with E-state index in [1.165, 1.54) is 32.2 Å². The average Bonchev–Trinajstić information content (AvgIpc) is 2.32. The molecule has 0 amide bonds. The lowest BCUT2D eigenvalue weighted by molar-refractivity contribution is -0.000578. The van der Waals surface area contributed by atoms with E-state index in [4.69, 9.17) is 0 Å². The van der Waals surface area contributed by atoms with Crippen LogP contribution in [-0.2, 0) is 0 Å². The van der Waals surface area contributed by atoms with Gasteiger partial charge < -0.3 is 5.32 Å². The molecule has 1 heterocycles. The highest BCUT2D eigenvalue weighted by Crippen LogP contribution is 2.36. The lowest BCUT2D eigenvalue weighted by Crippen LogP contribution is -2.60. The fourth-order valence-corrected chi connectivity index (χ4v) is 4.47. The van der Waals surface area contributed by atoms with Crippen LogP contribution in [0.15, 0.2) is 0 Å².